The molecule has 0 fully saturated rings. The Morgan fingerprint density at radius 2 is 2.00 bits per heavy atom. The van der Waals surface area contributed by atoms with Gasteiger partial charge in [0.15, 0.2) is 0 Å². The number of anilines is 1. The molecule has 34 heavy (non-hydrogen) atoms. The first-order valence-electron chi connectivity index (χ1n) is 12.6. The van der Waals surface area contributed by atoms with Crippen molar-refractivity contribution in [1.82, 2.24) is 9.47 Å². The predicted octanol–water partition coefficient (Wildman–Crippen LogP) is 4.63. The topological polar surface area (TPSA) is 80.4 Å². The van der Waals surface area contributed by atoms with Crippen LogP contribution in [0.25, 0.3) is 10.9 Å². The molecule has 2 aliphatic heterocycles. The molecule has 0 saturated heterocycles. The minimum atomic E-state index is -0.406. The number of aromatic nitrogens is 1. The van der Waals surface area contributed by atoms with Crippen LogP contribution in [0.15, 0.2) is 36.4 Å². The molecule has 0 saturated carbocycles. The molecular formula is C28H32N4O2. The lowest BCUT2D eigenvalue weighted by atomic mass is 9.68. The Bertz CT molecular complexity index is 1320. The SMILES string of the molecule is Cc1cccc2c1c1c(n2C(N)=O)CN(CCCCC23CCCc4cccc(c42)NC3=O)CC1. The average molecular weight is 457 g/mol. The van der Waals surface area contributed by atoms with E-state index < -0.39 is 6.03 Å². The van der Waals surface area contributed by atoms with Crippen LogP contribution < -0.4 is 11.1 Å². The molecular weight excluding hydrogens is 424 g/mol. The highest BCUT2D eigenvalue weighted by Crippen LogP contribution is 2.49. The number of benzene rings is 2. The highest BCUT2D eigenvalue weighted by atomic mass is 16.2. The second kappa shape index (κ2) is 7.98. The number of hydrogen-bond donors (Lipinski definition) is 2. The number of nitrogens with one attached hydrogen (secondary N) is 1. The van der Waals surface area contributed by atoms with E-state index in [2.05, 4.69) is 41.4 Å². The number of nitrogens with two attached hydrogens (primary N) is 1. The monoisotopic (exact) mass is 456 g/mol. The molecule has 1 unspecified atom stereocenters. The molecule has 176 valence electrons. The fourth-order valence-electron chi connectivity index (χ4n) is 6.87. The van der Waals surface area contributed by atoms with Gasteiger partial charge in [0.2, 0.25) is 5.91 Å². The number of rotatable bonds is 5. The molecule has 3 aromatic rings. The molecule has 6 rings (SSSR count). The summed E-state index contributed by atoms with van der Waals surface area (Å²) in [6, 6.07) is 12.0. The van der Waals surface area contributed by atoms with E-state index in [-0.39, 0.29) is 11.3 Å². The largest absolute Gasteiger partial charge is 0.351 e. The van der Waals surface area contributed by atoms with E-state index in [4.69, 9.17) is 5.73 Å². The molecule has 1 aromatic heterocycles. The van der Waals surface area contributed by atoms with Gasteiger partial charge in [-0.1, -0.05) is 30.7 Å². The number of hydrogen-bond acceptors (Lipinski definition) is 3. The Kier molecular flexibility index (Phi) is 5.03. The van der Waals surface area contributed by atoms with Gasteiger partial charge >= 0.3 is 6.03 Å². The van der Waals surface area contributed by atoms with Crippen LogP contribution in [0.5, 0.6) is 0 Å². The number of aryl methyl sites for hydroxylation is 2. The molecule has 6 nitrogen and oxygen atoms in total. The fourth-order valence-corrected chi connectivity index (χ4v) is 6.87. The molecule has 1 atom stereocenters. The molecule has 2 aromatic carbocycles. The van der Waals surface area contributed by atoms with Gasteiger partial charge in [0.25, 0.3) is 0 Å². The summed E-state index contributed by atoms with van der Waals surface area (Å²) in [7, 11) is 0. The average Bonchev–Trinajstić information content (AvgIpc) is 3.31. The van der Waals surface area contributed by atoms with Gasteiger partial charge in [0.05, 0.1) is 10.9 Å². The quantitative estimate of drug-likeness (QED) is 0.549. The molecule has 3 heterocycles. The van der Waals surface area contributed by atoms with Gasteiger partial charge in [-0.05, 0) is 86.4 Å². The van der Waals surface area contributed by atoms with Gasteiger partial charge in [-0.3, -0.25) is 14.3 Å². The van der Waals surface area contributed by atoms with Crippen molar-refractivity contribution in [3.8, 4) is 0 Å². The standard InChI is InChI=1S/C28H32N4O2/c1-18-7-4-11-22-24(18)20-12-16-31(17-23(20)32(22)27(29)34)15-3-2-13-28-14-6-9-19-8-5-10-21(25(19)28)30-26(28)33/h4-5,7-8,10-11H,2-3,6,9,12-17H2,1H3,(H2,29,34)(H,30,33). The summed E-state index contributed by atoms with van der Waals surface area (Å²) >= 11 is 0. The van der Waals surface area contributed by atoms with Crippen molar-refractivity contribution in [3.05, 3.63) is 64.3 Å². The number of unbranched alkanes of at least 4 members (excludes halogenated alkanes) is 1. The molecule has 6 heteroatoms. The first-order chi connectivity index (χ1) is 16.5. The van der Waals surface area contributed by atoms with Gasteiger partial charge < -0.3 is 11.1 Å². The second-order valence-corrected chi connectivity index (χ2v) is 10.3. The van der Waals surface area contributed by atoms with Crippen LogP contribution >= 0.6 is 0 Å². The number of amides is 2. The lowest BCUT2D eigenvalue weighted by Gasteiger charge is -2.33. The summed E-state index contributed by atoms with van der Waals surface area (Å²) in [6.45, 7) is 4.79. The van der Waals surface area contributed by atoms with Crippen molar-refractivity contribution in [2.45, 2.75) is 63.8 Å². The number of carbonyl (C=O) groups is 2. The van der Waals surface area contributed by atoms with E-state index >= 15 is 0 Å². The number of carbonyl (C=O) groups excluding carboxylic acids is 2. The van der Waals surface area contributed by atoms with Crippen LogP contribution in [0.3, 0.4) is 0 Å². The Balaban J connectivity index is 1.16. The van der Waals surface area contributed by atoms with Crippen molar-refractivity contribution >= 4 is 28.5 Å². The minimum Gasteiger partial charge on any atom is -0.351 e. The summed E-state index contributed by atoms with van der Waals surface area (Å²) in [5.41, 5.74) is 13.6. The zero-order valence-electron chi connectivity index (χ0n) is 19.8. The Morgan fingerprint density at radius 3 is 2.85 bits per heavy atom. The van der Waals surface area contributed by atoms with Gasteiger partial charge in [-0.2, -0.15) is 0 Å². The predicted molar refractivity (Wildman–Crippen MR) is 134 cm³/mol. The van der Waals surface area contributed by atoms with Crippen molar-refractivity contribution < 1.29 is 9.59 Å². The summed E-state index contributed by atoms with van der Waals surface area (Å²) < 4.78 is 1.71. The van der Waals surface area contributed by atoms with E-state index in [1.807, 2.05) is 12.1 Å². The van der Waals surface area contributed by atoms with Gasteiger partial charge in [0.1, 0.15) is 0 Å². The molecule has 0 spiro atoms. The Hall–Kier alpha value is -3.12. The third-order valence-electron chi connectivity index (χ3n) is 8.37. The normalized spacial score (nSPS) is 21.4. The maximum absolute atomic E-state index is 13.0. The Labute approximate surface area is 200 Å². The van der Waals surface area contributed by atoms with E-state index in [0.717, 1.165) is 81.5 Å². The first kappa shape index (κ1) is 21.4. The van der Waals surface area contributed by atoms with Crippen LogP contribution in [0.4, 0.5) is 10.5 Å². The van der Waals surface area contributed by atoms with Crippen molar-refractivity contribution in [3.63, 3.8) is 0 Å². The lowest BCUT2D eigenvalue weighted by Crippen LogP contribution is -2.37. The highest BCUT2D eigenvalue weighted by Gasteiger charge is 2.48. The molecule has 0 bridgehead atoms. The van der Waals surface area contributed by atoms with E-state index in [1.54, 1.807) is 4.57 Å². The van der Waals surface area contributed by atoms with E-state index in [9.17, 15) is 9.59 Å². The second-order valence-electron chi connectivity index (χ2n) is 10.3. The van der Waals surface area contributed by atoms with Crippen LogP contribution in [0, 0.1) is 6.92 Å². The van der Waals surface area contributed by atoms with Gasteiger partial charge in [-0.15, -0.1) is 0 Å². The zero-order valence-corrected chi connectivity index (χ0v) is 19.8. The maximum atomic E-state index is 13.0. The molecule has 0 radical (unpaired) electrons. The van der Waals surface area contributed by atoms with Crippen LogP contribution in [-0.2, 0) is 29.6 Å². The molecule has 3 N–H and O–H groups in total. The van der Waals surface area contributed by atoms with Crippen LogP contribution in [0.1, 0.15) is 60.1 Å². The number of nitrogens with zero attached hydrogens (tertiary/aromatic N) is 2. The van der Waals surface area contributed by atoms with E-state index in [1.165, 1.54) is 27.6 Å². The third kappa shape index (κ3) is 3.12. The smallest absolute Gasteiger partial charge is 0.323 e. The zero-order chi connectivity index (χ0) is 23.4. The first-order valence-corrected chi connectivity index (χ1v) is 12.6. The fraction of sp³-hybridized carbons (Fsp3) is 0.429. The number of fused-ring (bicyclic) bond motifs is 3. The van der Waals surface area contributed by atoms with Crippen LogP contribution in [-0.4, -0.2) is 34.5 Å². The van der Waals surface area contributed by atoms with Crippen molar-refractivity contribution in [1.29, 1.82) is 0 Å². The molecule has 1 aliphatic carbocycles. The van der Waals surface area contributed by atoms with Crippen LogP contribution in [0.2, 0.25) is 0 Å². The van der Waals surface area contributed by atoms with Gasteiger partial charge in [-0.25, -0.2) is 4.79 Å². The van der Waals surface area contributed by atoms with Gasteiger partial charge in [0, 0.05) is 29.9 Å². The molecule has 3 aliphatic rings. The minimum absolute atomic E-state index is 0.193. The summed E-state index contributed by atoms with van der Waals surface area (Å²) in [5.74, 6) is 0.193. The summed E-state index contributed by atoms with van der Waals surface area (Å²) in [4.78, 5) is 27.8. The molecule has 2 amide bonds. The highest BCUT2D eigenvalue weighted by molar-refractivity contribution is 6.07. The Morgan fingerprint density at radius 1 is 1.15 bits per heavy atom. The number of primary amides is 1. The third-order valence-corrected chi connectivity index (χ3v) is 8.37. The summed E-state index contributed by atoms with van der Waals surface area (Å²) in [5, 5.41) is 4.35. The van der Waals surface area contributed by atoms with Crippen molar-refractivity contribution in [2.75, 3.05) is 18.4 Å². The lowest BCUT2D eigenvalue weighted by molar-refractivity contribution is -0.121. The summed E-state index contributed by atoms with van der Waals surface area (Å²) in [6.07, 6.45) is 7.00. The van der Waals surface area contributed by atoms with Crippen molar-refractivity contribution in [2.24, 2.45) is 5.73 Å². The van der Waals surface area contributed by atoms with E-state index in [0.29, 0.717) is 0 Å². The maximum Gasteiger partial charge on any atom is 0.323 e.